The minimum Gasteiger partial charge on any atom is -0.379 e. The van der Waals surface area contributed by atoms with Crippen molar-refractivity contribution in [2.24, 2.45) is 0 Å². The fourth-order valence-corrected chi connectivity index (χ4v) is 3.39. The topological polar surface area (TPSA) is 37.4 Å². The van der Waals surface area contributed by atoms with Gasteiger partial charge in [0.15, 0.2) is 5.13 Å². The molecule has 0 bridgehead atoms. The first-order chi connectivity index (χ1) is 11.9. The predicted molar refractivity (Wildman–Crippen MR) is 87.1 cm³/mol. The summed E-state index contributed by atoms with van der Waals surface area (Å²) >= 11 is 0.576. The fourth-order valence-electron chi connectivity index (χ4n) is 2.70. The van der Waals surface area contributed by atoms with Gasteiger partial charge in [-0.25, -0.2) is 9.37 Å². The maximum absolute atomic E-state index is 13.2. The first-order valence-electron chi connectivity index (χ1n) is 7.77. The summed E-state index contributed by atoms with van der Waals surface area (Å²) in [6.45, 7) is 2.96. The number of benzene rings is 1. The average Bonchev–Trinajstić information content (AvgIpc) is 3.07. The van der Waals surface area contributed by atoms with Gasteiger partial charge in [-0.2, -0.15) is 13.2 Å². The van der Waals surface area contributed by atoms with Crippen LogP contribution in [0, 0.1) is 5.82 Å². The van der Waals surface area contributed by atoms with E-state index in [1.54, 1.807) is 12.1 Å². The molecular formula is C16H17F4N3OS. The SMILES string of the molecule is Fc1ccc(C(CNc2ncc(C(F)(F)F)s2)N2CCOCC2)cc1. The van der Waals surface area contributed by atoms with Gasteiger partial charge in [-0.05, 0) is 17.7 Å². The number of rotatable bonds is 5. The van der Waals surface area contributed by atoms with Crippen molar-refractivity contribution in [1.29, 1.82) is 0 Å². The van der Waals surface area contributed by atoms with E-state index >= 15 is 0 Å². The van der Waals surface area contributed by atoms with Crippen molar-refractivity contribution in [3.05, 3.63) is 46.7 Å². The molecule has 9 heteroatoms. The monoisotopic (exact) mass is 375 g/mol. The zero-order valence-electron chi connectivity index (χ0n) is 13.2. The maximum atomic E-state index is 13.2. The lowest BCUT2D eigenvalue weighted by molar-refractivity contribution is -0.134. The van der Waals surface area contributed by atoms with Crippen LogP contribution in [0.4, 0.5) is 22.7 Å². The van der Waals surface area contributed by atoms with Gasteiger partial charge in [-0.1, -0.05) is 23.5 Å². The summed E-state index contributed by atoms with van der Waals surface area (Å²) in [6, 6.07) is 6.05. The number of ether oxygens (including phenoxy) is 1. The highest BCUT2D eigenvalue weighted by atomic mass is 32.1. The Balaban J connectivity index is 1.73. The predicted octanol–water partition coefficient (Wildman–Crippen LogP) is 3.79. The van der Waals surface area contributed by atoms with Crippen LogP contribution in [-0.4, -0.2) is 42.7 Å². The molecule has 136 valence electrons. The standard InChI is InChI=1S/C16H17F4N3OS/c17-12-3-1-11(2-4-12)13(23-5-7-24-8-6-23)9-21-15-22-10-14(25-15)16(18,19)20/h1-4,10,13H,5-9H2,(H,21,22). The Morgan fingerprint density at radius 3 is 2.48 bits per heavy atom. The highest BCUT2D eigenvalue weighted by molar-refractivity contribution is 7.15. The third-order valence-electron chi connectivity index (χ3n) is 3.97. The Morgan fingerprint density at radius 1 is 1.20 bits per heavy atom. The summed E-state index contributed by atoms with van der Waals surface area (Å²) in [5, 5.41) is 3.19. The van der Waals surface area contributed by atoms with Crippen molar-refractivity contribution in [3.63, 3.8) is 0 Å². The molecule has 1 aromatic heterocycles. The van der Waals surface area contributed by atoms with Crippen molar-refractivity contribution >= 4 is 16.5 Å². The number of anilines is 1. The second-order valence-electron chi connectivity index (χ2n) is 5.62. The molecule has 0 amide bonds. The van der Waals surface area contributed by atoms with Crippen LogP contribution in [0.3, 0.4) is 0 Å². The molecule has 0 spiro atoms. The number of morpholine rings is 1. The Bertz CT molecular complexity index is 683. The Labute approximate surface area is 146 Å². The van der Waals surface area contributed by atoms with Crippen LogP contribution in [0.2, 0.25) is 0 Å². The molecular weight excluding hydrogens is 358 g/mol. The van der Waals surface area contributed by atoms with E-state index in [4.69, 9.17) is 4.74 Å². The molecule has 1 aliphatic rings. The van der Waals surface area contributed by atoms with Crippen molar-refractivity contribution in [2.45, 2.75) is 12.2 Å². The molecule has 1 fully saturated rings. The minimum atomic E-state index is -4.39. The minimum absolute atomic E-state index is 0.109. The smallest absolute Gasteiger partial charge is 0.379 e. The average molecular weight is 375 g/mol. The largest absolute Gasteiger partial charge is 0.427 e. The van der Waals surface area contributed by atoms with Crippen LogP contribution in [-0.2, 0) is 10.9 Å². The number of halogens is 4. The van der Waals surface area contributed by atoms with Crippen LogP contribution in [0.1, 0.15) is 16.5 Å². The van der Waals surface area contributed by atoms with Crippen LogP contribution in [0.5, 0.6) is 0 Å². The van der Waals surface area contributed by atoms with E-state index < -0.39 is 11.1 Å². The van der Waals surface area contributed by atoms with Gasteiger partial charge in [0.1, 0.15) is 10.7 Å². The first-order valence-corrected chi connectivity index (χ1v) is 8.59. The summed E-state index contributed by atoms with van der Waals surface area (Å²) in [5.41, 5.74) is 0.892. The molecule has 1 N–H and O–H groups in total. The highest BCUT2D eigenvalue weighted by Crippen LogP contribution is 2.35. The third-order valence-corrected chi connectivity index (χ3v) is 4.97. The number of alkyl halides is 3. The molecule has 2 aromatic rings. The van der Waals surface area contributed by atoms with E-state index in [-0.39, 0.29) is 17.0 Å². The highest BCUT2D eigenvalue weighted by Gasteiger charge is 2.33. The van der Waals surface area contributed by atoms with E-state index in [0.717, 1.165) is 11.8 Å². The molecule has 1 saturated heterocycles. The van der Waals surface area contributed by atoms with Gasteiger partial charge in [0.25, 0.3) is 0 Å². The lowest BCUT2D eigenvalue weighted by Gasteiger charge is -2.34. The number of hydrogen-bond donors (Lipinski definition) is 1. The molecule has 1 aromatic carbocycles. The van der Waals surface area contributed by atoms with Gasteiger partial charge in [-0.15, -0.1) is 0 Å². The summed E-state index contributed by atoms with van der Waals surface area (Å²) in [5.74, 6) is -0.327. The van der Waals surface area contributed by atoms with Gasteiger partial charge in [0.2, 0.25) is 0 Å². The Hall–Kier alpha value is -1.71. The van der Waals surface area contributed by atoms with Crippen molar-refractivity contribution < 1.29 is 22.3 Å². The zero-order valence-corrected chi connectivity index (χ0v) is 14.0. The Kier molecular flexibility index (Phi) is 5.55. The summed E-state index contributed by atoms with van der Waals surface area (Å²) in [7, 11) is 0. The van der Waals surface area contributed by atoms with E-state index in [9.17, 15) is 17.6 Å². The van der Waals surface area contributed by atoms with Gasteiger partial charge in [-0.3, -0.25) is 4.90 Å². The third kappa shape index (κ3) is 4.68. The zero-order chi connectivity index (χ0) is 17.9. The van der Waals surface area contributed by atoms with E-state index in [1.807, 2.05) is 0 Å². The van der Waals surface area contributed by atoms with E-state index in [1.165, 1.54) is 12.1 Å². The summed E-state index contributed by atoms with van der Waals surface area (Å²) < 4.78 is 56.6. The second-order valence-corrected chi connectivity index (χ2v) is 6.65. The van der Waals surface area contributed by atoms with Crippen molar-refractivity contribution in [2.75, 3.05) is 38.2 Å². The molecule has 3 rings (SSSR count). The summed E-state index contributed by atoms with van der Waals surface area (Å²) in [6.07, 6.45) is -3.56. The van der Waals surface area contributed by atoms with E-state index in [0.29, 0.717) is 44.2 Å². The van der Waals surface area contributed by atoms with Gasteiger partial charge < -0.3 is 10.1 Å². The molecule has 4 nitrogen and oxygen atoms in total. The van der Waals surface area contributed by atoms with Crippen molar-refractivity contribution in [1.82, 2.24) is 9.88 Å². The van der Waals surface area contributed by atoms with E-state index in [2.05, 4.69) is 15.2 Å². The lowest BCUT2D eigenvalue weighted by atomic mass is 10.0. The number of hydrogen-bond acceptors (Lipinski definition) is 5. The Morgan fingerprint density at radius 2 is 1.88 bits per heavy atom. The normalized spacial score (nSPS) is 17.4. The first kappa shape index (κ1) is 18.1. The van der Waals surface area contributed by atoms with Gasteiger partial charge in [0, 0.05) is 19.6 Å². The van der Waals surface area contributed by atoms with Crippen LogP contribution >= 0.6 is 11.3 Å². The summed E-state index contributed by atoms with van der Waals surface area (Å²) in [4.78, 5) is 5.22. The van der Waals surface area contributed by atoms with Crippen LogP contribution in [0.25, 0.3) is 0 Å². The molecule has 2 heterocycles. The molecule has 0 radical (unpaired) electrons. The quantitative estimate of drug-likeness (QED) is 0.807. The molecule has 0 saturated carbocycles. The fraction of sp³-hybridized carbons (Fsp3) is 0.438. The van der Waals surface area contributed by atoms with Crippen molar-refractivity contribution in [3.8, 4) is 0 Å². The lowest BCUT2D eigenvalue weighted by Crippen LogP contribution is -2.41. The molecule has 1 atom stereocenters. The van der Waals surface area contributed by atoms with Gasteiger partial charge in [0.05, 0.1) is 25.5 Å². The number of nitrogens with zero attached hydrogens (tertiary/aromatic N) is 2. The number of thiazole rings is 1. The molecule has 1 unspecified atom stereocenters. The van der Waals surface area contributed by atoms with Gasteiger partial charge >= 0.3 is 6.18 Å². The molecule has 1 aliphatic heterocycles. The second kappa shape index (κ2) is 7.67. The number of nitrogens with one attached hydrogen (secondary N) is 1. The number of aromatic nitrogens is 1. The van der Waals surface area contributed by atoms with Crippen LogP contribution in [0.15, 0.2) is 30.5 Å². The molecule has 25 heavy (non-hydrogen) atoms. The maximum Gasteiger partial charge on any atom is 0.427 e. The van der Waals surface area contributed by atoms with Crippen LogP contribution < -0.4 is 5.32 Å². The molecule has 0 aliphatic carbocycles.